The third-order valence-corrected chi connectivity index (χ3v) is 3.37. The van der Waals surface area contributed by atoms with E-state index in [-0.39, 0.29) is 17.9 Å². The molecule has 0 bridgehead atoms. The minimum absolute atomic E-state index is 0.0597. The summed E-state index contributed by atoms with van der Waals surface area (Å²) in [5, 5.41) is 3.34. The molecular formula is C11H22N2O2. The smallest absolute Gasteiger partial charge is 0.309 e. The van der Waals surface area contributed by atoms with E-state index < -0.39 is 0 Å². The van der Waals surface area contributed by atoms with Crippen molar-refractivity contribution in [3.8, 4) is 0 Å². The third-order valence-electron chi connectivity index (χ3n) is 3.37. The highest BCUT2D eigenvalue weighted by Gasteiger charge is 2.30. The van der Waals surface area contributed by atoms with Crippen molar-refractivity contribution < 1.29 is 9.53 Å². The minimum atomic E-state index is -0.117. The zero-order valence-corrected chi connectivity index (χ0v) is 10.1. The summed E-state index contributed by atoms with van der Waals surface area (Å²) in [4.78, 5) is 13.8. The van der Waals surface area contributed by atoms with E-state index in [1.807, 2.05) is 6.92 Å². The van der Waals surface area contributed by atoms with Crippen LogP contribution >= 0.6 is 0 Å². The fourth-order valence-electron chi connectivity index (χ4n) is 2.13. The monoisotopic (exact) mass is 214 g/mol. The molecule has 88 valence electrons. The molecule has 0 saturated carbocycles. The van der Waals surface area contributed by atoms with Crippen LogP contribution in [0.2, 0.25) is 0 Å². The number of piperazine rings is 1. The molecule has 0 radical (unpaired) electrons. The number of carbonyl (C=O) groups excluding carboxylic acids is 1. The van der Waals surface area contributed by atoms with E-state index in [4.69, 9.17) is 4.74 Å². The summed E-state index contributed by atoms with van der Waals surface area (Å²) in [5.41, 5.74) is 0. The Labute approximate surface area is 92.0 Å². The Morgan fingerprint density at radius 3 is 2.73 bits per heavy atom. The van der Waals surface area contributed by atoms with Gasteiger partial charge in [0.15, 0.2) is 0 Å². The number of nitrogens with one attached hydrogen (secondary N) is 1. The highest BCUT2D eigenvalue weighted by atomic mass is 16.5. The third kappa shape index (κ3) is 2.92. The van der Waals surface area contributed by atoms with Gasteiger partial charge in [-0.3, -0.25) is 9.69 Å². The van der Waals surface area contributed by atoms with Gasteiger partial charge in [0.25, 0.3) is 0 Å². The maximum atomic E-state index is 11.4. The van der Waals surface area contributed by atoms with E-state index >= 15 is 0 Å². The summed E-state index contributed by atoms with van der Waals surface area (Å²) in [6.45, 7) is 9.23. The van der Waals surface area contributed by atoms with Crippen molar-refractivity contribution in [1.29, 1.82) is 0 Å². The van der Waals surface area contributed by atoms with Gasteiger partial charge in [0.2, 0.25) is 0 Å². The standard InChI is InChI=1S/C11H22N2O2/c1-8-7-12-5-6-13(8)10(3)9(2)11(14)15-4/h8-10,12H,5-7H2,1-4H3/t8-,9?,10?/m1/s1. The summed E-state index contributed by atoms with van der Waals surface area (Å²) >= 11 is 0. The molecule has 3 atom stereocenters. The molecule has 1 aliphatic heterocycles. The van der Waals surface area contributed by atoms with Gasteiger partial charge in [0, 0.05) is 31.7 Å². The van der Waals surface area contributed by atoms with Crippen LogP contribution in [0.3, 0.4) is 0 Å². The van der Waals surface area contributed by atoms with Gasteiger partial charge in [0.05, 0.1) is 13.0 Å². The van der Waals surface area contributed by atoms with Crippen LogP contribution < -0.4 is 5.32 Å². The molecule has 1 fully saturated rings. The van der Waals surface area contributed by atoms with Crippen LogP contribution in [-0.2, 0) is 9.53 Å². The molecule has 15 heavy (non-hydrogen) atoms. The minimum Gasteiger partial charge on any atom is -0.469 e. The fourth-order valence-corrected chi connectivity index (χ4v) is 2.13. The first-order chi connectivity index (χ1) is 7.07. The normalized spacial score (nSPS) is 27.1. The zero-order valence-electron chi connectivity index (χ0n) is 10.1. The molecule has 2 unspecified atom stereocenters. The van der Waals surface area contributed by atoms with Crippen LogP contribution in [0, 0.1) is 5.92 Å². The molecule has 4 nitrogen and oxygen atoms in total. The summed E-state index contributed by atoms with van der Waals surface area (Å²) in [6.07, 6.45) is 0. The summed E-state index contributed by atoms with van der Waals surface area (Å²) in [7, 11) is 1.45. The van der Waals surface area contributed by atoms with Crippen molar-refractivity contribution >= 4 is 5.97 Å². The number of esters is 1. The van der Waals surface area contributed by atoms with Crippen molar-refractivity contribution in [3.05, 3.63) is 0 Å². The predicted octanol–water partition coefficient (Wildman–Crippen LogP) is 0.478. The van der Waals surface area contributed by atoms with E-state index in [0.29, 0.717) is 6.04 Å². The molecule has 1 rings (SSSR count). The van der Waals surface area contributed by atoms with Crippen LogP contribution in [0.1, 0.15) is 20.8 Å². The average Bonchev–Trinajstić information content (AvgIpc) is 2.26. The van der Waals surface area contributed by atoms with Gasteiger partial charge >= 0.3 is 5.97 Å². The first kappa shape index (κ1) is 12.5. The molecule has 0 aromatic heterocycles. The quantitative estimate of drug-likeness (QED) is 0.694. The van der Waals surface area contributed by atoms with Crippen LogP contribution in [0.5, 0.6) is 0 Å². The first-order valence-electron chi connectivity index (χ1n) is 5.62. The number of hydrogen-bond donors (Lipinski definition) is 1. The van der Waals surface area contributed by atoms with Gasteiger partial charge < -0.3 is 10.1 Å². The summed E-state index contributed by atoms with van der Waals surface area (Å²) in [6, 6.07) is 0.732. The Balaban J connectivity index is 2.57. The number of rotatable bonds is 3. The number of methoxy groups -OCH3 is 1. The Kier molecular flexibility index (Phi) is 4.54. The van der Waals surface area contributed by atoms with Crippen molar-refractivity contribution in [1.82, 2.24) is 10.2 Å². The molecule has 1 N–H and O–H groups in total. The molecule has 4 heteroatoms. The molecule has 1 aliphatic rings. The lowest BCUT2D eigenvalue weighted by Crippen LogP contribution is -2.55. The SMILES string of the molecule is COC(=O)C(C)C(C)N1CCNC[C@H]1C. The van der Waals surface area contributed by atoms with Crippen molar-refractivity contribution in [2.75, 3.05) is 26.7 Å². The summed E-state index contributed by atoms with van der Waals surface area (Å²) in [5.74, 6) is -0.177. The van der Waals surface area contributed by atoms with Crippen LogP contribution in [0.25, 0.3) is 0 Å². The lowest BCUT2D eigenvalue weighted by molar-refractivity contribution is -0.147. The molecule has 0 spiro atoms. The maximum Gasteiger partial charge on any atom is 0.309 e. The zero-order chi connectivity index (χ0) is 11.4. The highest BCUT2D eigenvalue weighted by molar-refractivity contribution is 5.72. The number of ether oxygens (including phenoxy) is 1. The Morgan fingerprint density at radius 1 is 1.53 bits per heavy atom. The number of hydrogen-bond acceptors (Lipinski definition) is 4. The Hall–Kier alpha value is -0.610. The van der Waals surface area contributed by atoms with Gasteiger partial charge in [-0.25, -0.2) is 0 Å². The largest absolute Gasteiger partial charge is 0.469 e. The predicted molar refractivity (Wildman–Crippen MR) is 59.7 cm³/mol. The lowest BCUT2D eigenvalue weighted by atomic mass is 10.00. The highest BCUT2D eigenvalue weighted by Crippen LogP contribution is 2.16. The van der Waals surface area contributed by atoms with Crippen molar-refractivity contribution in [3.63, 3.8) is 0 Å². The van der Waals surface area contributed by atoms with E-state index in [1.54, 1.807) is 0 Å². The van der Waals surface area contributed by atoms with E-state index in [1.165, 1.54) is 7.11 Å². The second-order valence-corrected chi connectivity index (χ2v) is 4.34. The van der Waals surface area contributed by atoms with Crippen LogP contribution in [-0.4, -0.2) is 49.7 Å². The van der Waals surface area contributed by atoms with Crippen LogP contribution in [0.4, 0.5) is 0 Å². The van der Waals surface area contributed by atoms with Gasteiger partial charge in [-0.1, -0.05) is 6.92 Å². The van der Waals surface area contributed by atoms with E-state index in [9.17, 15) is 4.79 Å². The topological polar surface area (TPSA) is 41.6 Å². The second kappa shape index (κ2) is 5.47. The summed E-state index contributed by atoms with van der Waals surface area (Å²) < 4.78 is 4.78. The molecule has 0 amide bonds. The van der Waals surface area contributed by atoms with Gasteiger partial charge in [-0.05, 0) is 13.8 Å². The molecule has 0 aromatic carbocycles. The number of nitrogens with zero attached hydrogens (tertiary/aromatic N) is 1. The lowest BCUT2D eigenvalue weighted by Gasteiger charge is -2.40. The molecule has 0 aromatic rings. The van der Waals surface area contributed by atoms with E-state index in [0.717, 1.165) is 19.6 Å². The van der Waals surface area contributed by atoms with Crippen molar-refractivity contribution in [2.24, 2.45) is 5.92 Å². The van der Waals surface area contributed by atoms with Gasteiger partial charge in [0.1, 0.15) is 0 Å². The Bertz CT molecular complexity index is 221. The van der Waals surface area contributed by atoms with Crippen molar-refractivity contribution in [2.45, 2.75) is 32.9 Å². The number of carbonyl (C=O) groups is 1. The molecule has 1 saturated heterocycles. The van der Waals surface area contributed by atoms with E-state index in [2.05, 4.69) is 24.1 Å². The van der Waals surface area contributed by atoms with Crippen LogP contribution in [0.15, 0.2) is 0 Å². The molecular weight excluding hydrogens is 192 g/mol. The van der Waals surface area contributed by atoms with Gasteiger partial charge in [-0.2, -0.15) is 0 Å². The average molecular weight is 214 g/mol. The second-order valence-electron chi connectivity index (χ2n) is 4.34. The first-order valence-corrected chi connectivity index (χ1v) is 5.62. The Morgan fingerprint density at radius 2 is 2.20 bits per heavy atom. The van der Waals surface area contributed by atoms with Gasteiger partial charge in [-0.15, -0.1) is 0 Å². The molecule has 0 aliphatic carbocycles. The fraction of sp³-hybridized carbons (Fsp3) is 0.909. The maximum absolute atomic E-state index is 11.4. The molecule has 1 heterocycles.